The van der Waals surface area contributed by atoms with Crippen LogP contribution in [0.3, 0.4) is 0 Å². The van der Waals surface area contributed by atoms with Crippen LogP contribution in [0.15, 0.2) is 6.33 Å². The lowest BCUT2D eigenvalue weighted by Crippen LogP contribution is -2.59. The minimum Gasteiger partial charge on any atom is -0.341 e. The Morgan fingerprint density at radius 3 is 2.55 bits per heavy atom. The highest BCUT2D eigenvalue weighted by molar-refractivity contribution is 5.86. The summed E-state index contributed by atoms with van der Waals surface area (Å²) in [4.78, 5) is 17.3. The van der Waals surface area contributed by atoms with Gasteiger partial charge >= 0.3 is 0 Å². The lowest BCUT2D eigenvalue weighted by molar-refractivity contribution is -0.146. The fourth-order valence-corrected chi connectivity index (χ4v) is 3.87. The molecule has 0 aliphatic carbocycles. The Morgan fingerprint density at radius 2 is 1.95 bits per heavy atom. The lowest BCUT2D eigenvalue weighted by Gasteiger charge is -2.45. The molecule has 1 unspecified atom stereocenters. The van der Waals surface area contributed by atoms with Crippen molar-refractivity contribution in [3.8, 4) is 0 Å². The van der Waals surface area contributed by atoms with E-state index in [1.807, 2.05) is 11.6 Å². The molecule has 1 amide bonds. The molecular formula is C16H27N5O. The summed E-state index contributed by atoms with van der Waals surface area (Å²) in [6, 6.07) is 0. The highest BCUT2D eigenvalue weighted by Crippen LogP contribution is 2.32. The average Bonchev–Trinajstić information content (AvgIpc) is 2.96. The number of likely N-dealkylation sites (N-methyl/N-ethyl adjacent to an activating group) is 1. The Balaban J connectivity index is 1.63. The lowest BCUT2D eigenvalue weighted by atomic mass is 9.86. The molecule has 0 N–H and O–H groups in total. The maximum absolute atomic E-state index is 13.0. The van der Waals surface area contributed by atoms with Gasteiger partial charge in [0.15, 0.2) is 0 Å². The molecule has 6 nitrogen and oxygen atoms in total. The molecule has 0 bridgehead atoms. The SMILES string of the molecule is CN1CCCCC1(C)C(=O)N1CCC(c2nncn2C)CC1. The summed E-state index contributed by atoms with van der Waals surface area (Å²) in [5.74, 6) is 1.78. The van der Waals surface area contributed by atoms with Crippen molar-refractivity contribution in [2.75, 3.05) is 26.7 Å². The summed E-state index contributed by atoms with van der Waals surface area (Å²) in [6.07, 6.45) is 7.06. The van der Waals surface area contributed by atoms with Gasteiger partial charge in [-0.3, -0.25) is 9.69 Å². The number of amides is 1. The number of nitrogens with zero attached hydrogens (tertiary/aromatic N) is 5. The number of carbonyl (C=O) groups is 1. The molecule has 0 radical (unpaired) electrons. The third kappa shape index (κ3) is 2.64. The van der Waals surface area contributed by atoms with Crippen molar-refractivity contribution in [2.45, 2.75) is 50.5 Å². The van der Waals surface area contributed by atoms with E-state index in [2.05, 4.69) is 34.0 Å². The molecule has 2 aliphatic heterocycles. The van der Waals surface area contributed by atoms with Gasteiger partial charge < -0.3 is 9.47 Å². The van der Waals surface area contributed by atoms with Gasteiger partial charge in [-0.25, -0.2) is 0 Å². The zero-order valence-corrected chi connectivity index (χ0v) is 14.0. The largest absolute Gasteiger partial charge is 0.341 e. The Kier molecular flexibility index (Phi) is 4.21. The summed E-state index contributed by atoms with van der Waals surface area (Å²) >= 11 is 0. The average molecular weight is 305 g/mol. The van der Waals surface area contributed by atoms with E-state index in [0.29, 0.717) is 11.8 Å². The molecule has 1 aromatic heterocycles. The zero-order valence-electron chi connectivity index (χ0n) is 14.0. The molecule has 1 atom stereocenters. The summed E-state index contributed by atoms with van der Waals surface area (Å²) in [7, 11) is 4.08. The molecule has 2 fully saturated rings. The normalized spacial score (nSPS) is 28.0. The predicted molar refractivity (Wildman–Crippen MR) is 84.4 cm³/mol. The van der Waals surface area contributed by atoms with Crippen molar-refractivity contribution in [1.29, 1.82) is 0 Å². The molecule has 6 heteroatoms. The van der Waals surface area contributed by atoms with E-state index >= 15 is 0 Å². The number of likely N-dealkylation sites (tertiary alicyclic amines) is 2. The zero-order chi connectivity index (χ0) is 15.7. The van der Waals surface area contributed by atoms with Crippen LogP contribution in [0.1, 0.15) is 50.8 Å². The highest BCUT2D eigenvalue weighted by Gasteiger charge is 2.42. The summed E-state index contributed by atoms with van der Waals surface area (Å²) in [6.45, 7) is 4.81. The first-order chi connectivity index (χ1) is 10.5. The standard InChI is InChI=1S/C16H27N5O/c1-16(8-4-5-9-20(16)3)15(22)21-10-6-13(7-11-21)14-18-17-12-19(14)2/h12-13H,4-11H2,1-3H3. The van der Waals surface area contributed by atoms with Gasteiger partial charge in [-0.05, 0) is 52.6 Å². The van der Waals surface area contributed by atoms with Crippen LogP contribution in [-0.2, 0) is 11.8 Å². The molecule has 3 rings (SSSR count). The molecule has 3 heterocycles. The summed E-state index contributed by atoms with van der Waals surface area (Å²) in [5, 5.41) is 8.20. The van der Waals surface area contributed by atoms with Crippen LogP contribution in [0, 0.1) is 0 Å². The van der Waals surface area contributed by atoms with Crippen LogP contribution in [0.25, 0.3) is 0 Å². The second-order valence-corrected chi connectivity index (χ2v) is 7.02. The van der Waals surface area contributed by atoms with Crippen LogP contribution >= 0.6 is 0 Å². The number of carbonyl (C=O) groups excluding carboxylic acids is 1. The van der Waals surface area contributed by atoms with Crippen molar-refractivity contribution in [2.24, 2.45) is 7.05 Å². The molecule has 0 aromatic carbocycles. The Labute approximate surface area is 132 Å². The van der Waals surface area contributed by atoms with E-state index in [1.54, 1.807) is 6.33 Å². The van der Waals surface area contributed by atoms with Crippen LogP contribution in [-0.4, -0.2) is 62.7 Å². The van der Waals surface area contributed by atoms with Gasteiger partial charge in [0.05, 0.1) is 5.54 Å². The van der Waals surface area contributed by atoms with Crippen molar-refractivity contribution < 1.29 is 4.79 Å². The third-order valence-corrected chi connectivity index (χ3v) is 5.60. The Bertz CT molecular complexity index is 534. The van der Waals surface area contributed by atoms with Gasteiger partial charge in [0.25, 0.3) is 0 Å². The van der Waals surface area contributed by atoms with E-state index in [0.717, 1.165) is 51.1 Å². The number of rotatable bonds is 2. The molecule has 2 saturated heterocycles. The van der Waals surface area contributed by atoms with Crippen LogP contribution in [0.2, 0.25) is 0 Å². The molecule has 1 aromatic rings. The molecular weight excluding hydrogens is 278 g/mol. The van der Waals surface area contributed by atoms with Gasteiger partial charge in [-0.15, -0.1) is 10.2 Å². The molecule has 122 valence electrons. The second kappa shape index (κ2) is 5.99. The summed E-state index contributed by atoms with van der Waals surface area (Å²) in [5.41, 5.74) is -0.310. The van der Waals surface area contributed by atoms with Gasteiger partial charge in [0, 0.05) is 26.1 Å². The van der Waals surface area contributed by atoms with Crippen LogP contribution in [0.5, 0.6) is 0 Å². The first-order valence-corrected chi connectivity index (χ1v) is 8.37. The van der Waals surface area contributed by atoms with Gasteiger partial charge in [0.2, 0.25) is 5.91 Å². The Hall–Kier alpha value is -1.43. The maximum Gasteiger partial charge on any atom is 0.242 e. The topological polar surface area (TPSA) is 54.3 Å². The fourth-order valence-electron chi connectivity index (χ4n) is 3.87. The van der Waals surface area contributed by atoms with Crippen molar-refractivity contribution in [3.63, 3.8) is 0 Å². The number of piperidine rings is 2. The van der Waals surface area contributed by atoms with Crippen molar-refractivity contribution in [3.05, 3.63) is 12.2 Å². The summed E-state index contributed by atoms with van der Waals surface area (Å²) < 4.78 is 2.00. The van der Waals surface area contributed by atoms with E-state index < -0.39 is 0 Å². The number of hydrogen-bond donors (Lipinski definition) is 0. The third-order valence-electron chi connectivity index (χ3n) is 5.60. The van der Waals surface area contributed by atoms with Gasteiger partial charge in [-0.2, -0.15) is 0 Å². The molecule has 2 aliphatic rings. The number of aromatic nitrogens is 3. The van der Waals surface area contributed by atoms with Crippen LogP contribution in [0.4, 0.5) is 0 Å². The van der Waals surface area contributed by atoms with E-state index in [4.69, 9.17) is 0 Å². The van der Waals surface area contributed by atoms with Crippen molar-refractivity contribution in [1.82, 2.24) is 24.6 Å². The van der Waals surface area contributed by atoms with E-state index in [1.165, 1.54) is 6.42 Å². The smallest absolute Gasteiger partial charge is 0.242 e. The monoisotopic (exact) mass is 305 g/mol. The molecule has 22 heavy (non-hydrogen) atoms. The quantitative estimate of drug-likeness (QED) is 0.829. The highest BCUT2D eigenvalue weighted by atomic mass is 16.2. The van der Waals surface area contributed by atoms with Gasteiger partial charge in [-0.1, -0.05) is 0 Å². The first kappa shape index (κ1) is 15.5. The number of aryl methyl sites for hydroxylation is 1. The first-order valence-electron chi connectivity index (χ1n) is 8.37. The molecule has 0 saturated carbocycles. The minimum atomic E-state index is -0.310. The predicted octanol–water partition coefficient (Wildman–Crippen LogP) is 1.40. The van der Waals surface area contributed by atoms with Crippen molar-refractivity contribution >= 4 is 5.91 Å². The Morgan fingerprint density at radius 1 is 1.23 bits per heavy atom. The minimum absolute atomic E-state index is 0.310. The van der Waals surface area contributed by atoms with Crippen LogP contribution < -0.4 is 0 Å². The van der Waals surface area contributed by atoms with E-state index in [9.17, 15) is 4.79 Å². The van der Waals surface area contributed by atoms with Gasteiger partial charge in [0.1, 0.15) is 12.2 Å². The van der Waals surface area contributed by atoms with E-state index in [-0.39, 0.29) is 5.54 Å². The maximum atomic E-state index is 13.0. The fraction of sp³-hybridized carbons (Fsp3) is 0.812. The number of hydrogen-bond acceptors (Lipinski definition) is 4. The second-order valence-electron chi connectivity index (χ2n) is 7.02. The molecule has 0 spiro atoms.